The average molecular weight is 592 g/mol. The summed E-state index contributed by atoms with van der Waals surface area (Å²) in [4.78, 5) is 30.6. The van der Waals surface area contributed by atoms with E-state index in [0.717, 1.165) is 53.7 Å². The fraction of sp³-hybridized carbons (Fsp3) is 0.297. The summed E-state index contributed by atoms with van der Waals surface area (Å²) in [5.74, 6) is 0.392. The molecule has 4 aromatic carbocycles. The van der Waals surface area contributed by atoms with E-state index in [-0.39, 0.29) is 24.3 Å². The lowest BCUT2D eigenvalue weighted by molar-refractivity contribution is -0.127. The zero-order chi connectivity index (χ0) is 30.9. The van der Waals surface area contributed by atoms with Crippen molar-refractivity contribution in [1.82, 2.24) is 5.32 Å². The van der Waals surface area contributed by atoms with Crippen LogP contribution in [-0.4, -0.2) is 37.8 Å². The van der Waals surface area contributed by atoms with Crippen molar-refractivity contribution >= 4 is 23.4 Å². The largest absolute Gasteiger partial charge is 0.420 e. The van der Waals surface area contributed by atoms with Crippen molar-refractivity contribution < 1.29 is 19.4 Å². The molecule has 3 atom stereocenters. The third-order valence-electron chi connectivity index (χ3n) is 8.40. The molecule has 0 saturated heterocycles. The van der Waals surface area contributed by atoms with Crippen LogP contribution >= 0.6 is 0 Å². The number of ether oxygens (including phenoxy) is 1. The summed E-state index contributed by atoms with van der Waals surface area (Å²) >= 11 is 0. The molecule has 2 N–H and O–H groups in total. The Kier molecular flexibility index (Phi) is 10.3. The van der Waals surface area contributed by atoms with Gasteiger partial charge in [0.15, 0.2) is 0 Å². The van der Waals surface area contributed by atoms with Gasteiger partial charge >= 0.3 is 6.09 Å². The minimum atomic E-state index is -0.459. The zero-order valence-electron chi connectivity index (χ0n) is 25.4. The Labute approximate surface area is 260 Å². The smallest absolute Gasteiger partial charge is 0.410 e. The van der Waals surface area contributed by atoms with E-state index < -0.39 is 12.1 Å². The molecule has 0 spiro atoms. The number of para-hydroxylation sites is 1. The van der Waals surface area contributed by atoms with Crippen molar-refractivity contribution in [1.29, 1.82) is 0 Å². The molecule has 1 aliphatic carbocycles. The quantitative estimate of drug-likeness (QED) is 0.206. The van der Waals surface area contributed by atoms with E-state index >= 15 is 0 Å². The van der Waals surface area contributed by atoms with E-state index in [1.54, 1.807) is 17.0 Å². The van der Waals surface area contributed by atoms with Gasteiger partial charge in [-0.15, -0.1) is 0 Å². The summed E-state index contributed by atoms with van der Waals surface area (Å²) in [6, 6.07) is 34.3. The molecule has 0 aliphatic heterocycles. The van der Waals surface area contributed by atoms with Crippen LogP contribution in [0.2, 0.25) is 0 Å². The SMILES string of the molecule is CN(C)c1ccc(N(Cc2ccc(C3CCCCC3C(=O)NC(CO)c3ccccc3)cc2)C(=O)Oc2ccccc2)cc1. The van der Waals surface area contributed by atoms with Crippen LogP contribution in [0.25, 0.3) is 0 Å². The Bertz CT molecular complexity index is 1490. The van der Waals surface area contributed by atoms with Crippen molar-refractivity contribution in [2.24, 2.45) is 5.92 Å². The first-order valence-corrected chi connectivity index (χ1v) is 15.3. The number of carbonyl (C=O) groups excluding carboxylic acids is 2. The third kappa shape index (κ3) is 7.66. The minimum Gasteiger partial charge on any atom is -0.410 e. The van der Waals surface area contributed by atoms with Gasteiger partial charge < -0.3 is 20.1 Å². The van der Waals surface area contributed by atoms with E-state index in [2.05, 4.69) is 17.4 Å². The summed E-state index contributed by atoms with van der Waals surface area (Å²) in [5.41, 5.74) is 4.74. The van der Waals surface area contributed by atoms with Gasteiger partial charge in [0.2, 0.25) is 5.91 Å². The summed E-state index contributed by atoms with van der Waals surface area (Å²) in [7, 11) is 3.96. The summed E-state index contributed by atoms with van der Waals surface area (Å²) in [6.07, 6.45) is 3.36. The number of hydrogen-bond acceptors (Lipinski definition) is 5. The van der Waals surface area contributed by atoms with Crippen LogP contribution in [-0.2, 0) is 11.3 Å². The molecule has 0 heterocycles. The molecule has 3 unspecified atom stereocenters. The maximum atomic E-state index is 13.5. The van der Waals surface area contributed by atoms with Gasteiger partial charge in [0.05, 0.1) is 19.2 Å². The maximum Gasteiger partial charge on any atom is 0.420 e. The second-order valence-corrected chi connectivity index (χ2v) is 11.6. The van der Waals surface area contributed by atoms with Crippen molar-refractivity contribution in [2.45, 2.75) is 44.2 Å². The predicted molar refractivity (Wildman–Crippen MR) is 175 cm³/mol. The number of hydrogen-bond donors (Lipinski definition) is 2. The van der Waals surface area contributed by atoms with E-state index in [0.29, 0.717) is 12.3 Å². The molecule has 0 aromatic heterocycles. The molecule has 44 heavy (non-hydrogen) atoms. The highest BCUT2D eigenvalue weighted by molar-refractivity contribution is 5.89. The fourth-order valence-corrected chi connectivity index (χ4v) is 5.93. The van der Waals surface area contributed by atoms with Crippen LogP contribution in [0.15, 0.2) is 109 Å². The minimum absolute atomic E-state index is 0.0160. The first-order valence-electron chi connectivity index (χ1n) is 15.3. The van der Waals surface area contributed by atoms with Gasteiger partial charge in [-0.05, 0) is 71.8 Å². The van der Waals surface area contributed by atoms with Crippen LogP contribution in [0.3, 0.4) is 0 Å². The Balaban J connectivity index is 1.32. The lowest BCUT2D eigenvalue weighted by Crippen LogP contribution is -2.39. The number of carbonyl (C=O) groups is 2. The standard InChI is InChI=1S/C37H41N3O4/c1-39(2)30-21-23-31(24-22-30)40(37(43)44-32-13-7-4-8-14-32)25-27-17-19-28(20-18-27)33-15-9-10-16-34(33)36(42)38-35(26-41)29-11-5-3-6-12-29/h3-8,11-14,17-24,33-35,41H,9-10,15-16,25-26H2,1-2H3,(H,38,42). The average Bonchev–Trinajstić information content (AvgIpc) is 3.07. The Hall–Kier alpha value is -4.62. The molecule has 7 nitrogen and oxygen atoms in total. The van der Waals surface area contributed by atoms with E-state index in [9.17, 15) is 14.7 Å². The molecule has 1 aliphatic rings. The monoisotopic (exact) mass is 591 g/mol. The number of anilines is 2. The van der Waals surface area contributed by atoms with Gasteiger partial charge in [0.1, 0.15) is 5.75 Å². The van der Waals surface area contributed by atoms with E-state index in [1.165, 1.54) is 0 Å². The molecule has 1 fully saturated rings. The van der Waals surface area contributed by atoms with Crippen LogP contribution in [0, 0.1) is 5.92 Å². The van der Waals surface area contributed by atoms with Crippen LogP contribution < -0.4 is 19.9 Å². The van der Waals surface area contributed by atoms with E-state index in [1.807, 2.05) is 104 Å². The Morgan fingerprint density at radius 2 is 1.43 bits per heavy atom. The van der Waals surface area contributed by atoms with Gasteiger partial charge in [-0.3, -0.25) is 9.69 Å². The topological polar surface area (TPSA) is 82.1 Å². The molecular formula is C37H41N3O4. The van der Waals surface area contributed by atoms with Gasteiger partial charge in [-0.25, -0.2) is 4.79 Å². The summed E-state index contributed by atoms with van der Waals surface area (Å²) < 4.78 is 5.73. The van der Waals surface area contributed by atoms with Crippen LogP contribution in [0.5, 0.6) is 5.75 Å². The second kappa shape index (κ2) is 14.7. The first kappa shape index (κ1) is 30.8. The third-order valence-corrected chi connectivity index (χ3v) is 8.40. The maximum absolute atomic E-state index is 13.5. The molecule has 7 heteroatoms. The van der Waals surface area contributed by atoms with Gasteiger partial charge in [0, 0.05) is 31.4 Å². The van der Waals surface area contributed by atoms with Crippen molar-refractivity contribution in [2.75, 3.05) is 30.5 Å². The van der Waals surface area contributed by atoms with Gasteiger partial charge in [-0.2, -0.15) is 0 Å². The number of nitrogens with zero attached hydrogens (tertiary/aromatic N) is 2. The number of aliphatic hydroxyl groups excluding tert-OH is 1. The van der Waals surface area contributed by atoms with Gasteiger partial charge in [0.25, 0.3) is 0 Å². The molecule has 4 aromatic rings. The predicted octanol–water partition coefficient (Wildman–Crippen LogP) is 7.08. The molecule has 1 saturated carbocycles. The number of nitrogens with one attached hydrogen (secondary N) is 1. The highest BCUT2D eigenvalue weighted by Gasteiger charge is 2.33. The van der Waals surface area contributed by atoms with Gasteiger partial charge in [-0.1, -0.05) is 85.6 Å². The Morgan fingerprint density at radius 1 is 0.818 bits per heavy atom. The highest BCUT2D eigenvalue weighted by Crippen LogP contribution is 2.38. The summed E-state index contributed by atoms with van der Waals surface area (Å²) in [5, 5.41) is 13.1. The highest BCUT2D eigenvalue weighted by atomic mass is 16.6. The lowest BCUT2D eigenvalue weighted by atomic mass is 9.74. The molecule has 228 valence electrons. The van der Waals surface area contributed by atoms with Crippen molar-refractivity contribution in [3.63, 3.8) is 0 Å². The van der Waals surface area contributed by atoms with Crippen LogP contribution in [0.1, 0.15) is 54.3 Å². The Morgan fingerprint density at radius 3 is 2.07 bits per heavy atom. The molecule has 0 bridgehead atoms. The van der Waals surface area contributed by atoms with Crippen molar-refractivity contribution in [3.05, 3.63) is 126 Å². The fourth-order valence-electron chi connectivity index (χ4n) is 5.93. The molecule has 0 radical (unpaired) electrons. The van der Waals surface area contributed by atoms with Crippen molar-refractivity contribution in [3.8, 4) is 5.75 Å². The number of amides is 2. The zero-order valence-corrected chi connectivity index (χ0v) is 25.4. The lowest BCUT2D eigenvalue weighted by Gasteiger charge is -2.32. The molecule has 2 amide bonds. The molecular weight excluding hydrogens is 550 g/mol. The van der Waals surface area contributed by atoms with Crippen LogP contribution in [0.4, 0.5) is 16.2 Å². The normalized spacial score (nSPS) is 16.9. The summed E-state index contributed by atoms with van der Waals surface area (Å²) in [6.45, 7) is 0.181. The second-order valence-electron chi connectivity index (χ2n) is 11.6. The first-order chi connectivity index (χ1) is 21.4. The number of aliphatic hydroxyl groups is 1. The number of benzene rings is 4. The molecule has 5 rings (SSSR count). The number of rotatable bonds is 10. The van der Waals surface area contributed by atoms with E-state index in [4.69, 9.17) is 4.74 Å².